The molecule has 0 bridgehead atoms. The van der Waals surface area contributed by atoms with Crippen LogP contribution >= 0.6 is 21.6 Å². The number of aromatic hydroxyl groups is 2. The molecular weight excluding hydrogens is 711 g/mol. The smallest absolute Gasteiger partial charge is 0.200 e. The zero-order valence-corrected chi connectivity index (χ0v) is 32.2. The van der Waals surface area contributed by atoms with Gasteiger partial charge >= 0.3 is 0 Å². The van der Waals surface area contributed by atoms with Gasteiger partial charge in [-0.25, -0.2) is 0 Å². The number of aliphatic hydroxyl groups excluding tert-OH is 5. The minimum Gasteiger partial charge on any atom is -0.504 e. The Kier molecular flexibility index (Phi) is 17.8. The van der Waals surface area contributed by atoms with Crippen molar-refractivity contribution in [3.05, 3.63) is 41.0 Å². The first-order chi connectivity index (χ1) is 25.1. The fraction of sp³-hybridized carbons (Fsp3) is 0.684. The Bertz CT molecular complexity index is 1350. The van der Waals surface area contributed by atoms with E-state index in [1.807, 2.05) is 13.1 Å². The highest BCUT2D eigenvalue weighted by Crippen LogP contribution is 2.47. The standard InChI is InChI=1S/C38H59NO11S2/c1-39-20-26-7-9-28(16-24(26)5-4-11-40)50-34-17-25-6-8-27(49-22-42)18-31(43)30(13-23-14-35(47-2)38(46)36(15-23)48-3)33(45)21-51-52-37(10-12-41)29(25)19-32(34)44/h14-15,17,19,24,26-28,30-31,33,37,39-46H,4-13,16,18,20-22H2,1-3H3. The summed E-state index contributed by atoms with van der Waals surface area (Å²) in [5.41, 5.74) is 2.47. The number of benzene rings is 2. The molecule has 2 aliphatic rings. The zero-order chi connectivity index (χ0) is 37.6. The summed E-state index contributed by atoms with van der Waals surface area (Å²) < 4.78 is 22.9. The zero-order valence-electron chi connectivity index (χ0n) is 30.6. The highest BCUT2D eigenvalue weighted by atomic mass is 33.1. The van der Waals surface area contributed by atoms with Crippen molar-refractivity contribution < 1.29 is 54.7 Å². The second kappa shape index (κ2) is 21.7. The van der Waals surface area contributed by atoms with Gasteiger partial charge in [0.25, 0.3) is 0 Å². The summed E-state index contributed by atoms with van der Waals surface area (Å²) in [5.74, 6) is 1.26. The third-order valence-corrected chi connectivity index (χ3v) is 13.4. The molecule has 4 rings (SSSR count). The number of methoxy groups -OCH3 is 2. The van der Waals surface area contributed by atoms with Crippen LogP contribution in [0.3, 0.4) is 0 Å². The average Bonchev–Trinajstić information content (AvgIpc) is 3.14. The van der Waals surface area contributed by atoms with Gasteiger partial charge in [-0.2, -0.15) is 0 Å². The normalized spacial score (nSPS) is 27.5. The predicted molar refractivity (Wildman–Crippen MR) is 203 cm³/mol. The lowest BCUT2D eigenvalue weighted by atomic mass is 9.75. The van der Waals surface area contributed by atoms with Crippen LogP contribution in [0, 0.1) is 17.8 Å². The minimum atomic E-state index is -1.01. The number of fused-ring (bicyclic) bond motifs is 1. The van der Waals surface area contributed by atoms with Crippen LogP contribution in [-0.4, -0.2) is 114 Å². The van der Waals surface area contributed by atoms with Crippen molar-refractivity contribution in [3.8, 4) is 28.7 Å². The van der Waals surface area contributed by atoms with Gasteiger partial charge in [0, 0.05) is 30.1 Å². The van der Waals surface area contributed by atoms with E-state index in [1.54, 1.807) is 18.2 Å². The molecule has 2 aromatic rings. The van der Waals surface area contributed by atoms with Gasteiger partial charge in [0.2, 0.25) is 5.75 Å². The summed E-state index contributed by atoms with van der Waals surface area (Å²) in [6, 6.07) is 6.94. The Morgan fingerprint density at radius 3 is 2.23 bits per heavy atom. The minimum absolute atomic E-state index is 0.0271. The van der Waals surface area contributed by atoms with Crippen molar-refractivity contribution in [2.75, 3.05) is 53.6 Å². The lowest BCUT2D eigenvalue weighted by Gasteiger charge is -2.36. The topological polar surface area (TPSA) is 191 Å². The highest BCUT2D eigenvalue weighted by molar-refractivity contribution is 8.76. The molecule has 1 heterocycles. The lowest BCUT2D eigenvalue weighted by Crippen LogP contribution is -2.38. The molecule has 0 spiro atoms. The molecule has 0 radical (unpaired) electrons. The van der Waals surface area contributed by atoms with Gasteiger partial charge in [-0.1, -0.05) is 21.6 Å². The Morgan fingerprint density at radius 2 is 1.58 bits per heavy atom. The van der Waals surface area contributed by atoms with E-state index in [4.69, 9.17) is 18.9 Å². The van der Waals surface area contributed by atoms with Crippen LogP contribution in [-0.2, 0) is 17.6 Å². The molecule has 1 aliphatic carbocycles. The first-order valence-electron chi connectivity index (χ1n) is 18.4. The van der Waals surface area contributed by atoms with Crippen LogP contribution in [0.5, 0.6) is 28.7 Å². The number of nitrogens with one attached hydrogen (secondary N) is 1. The average molecular weight is 770 g/mol. The summed E-state index contributed by atoms with van der Waals surface area (Å²) >= 11 is 0. The summed E-state index contributed by atoms with van der Waals surface area (Å²) in [6.07, 6.45) is 3.48. The molecule has 8 atom stereocenters. The summed E-state index contributed by atoms with van der Waals surface area (Å²) in [7, 11) is 7.78. The number of hydrogen-bond acceptors (Lipinski definition) is 14. The van der Waals surface area contributed by atoms with E-state index in [2.05, 4.69) is 5.32 Å². The molecule has 0 aromatic heterocycles. The SMILES string of the molecule is CNCC1CCC(Oc2cc3c(cc2O)C(CCO)SSCC(O)C(Cc2cc(OC)c(O)c(OC)c2)C(O)CC(OCO)CC3)CC1CCCO. The van der Waals surface area contributed by atoms with Gasteiger partial charge in [-0.3, -0.25) is 0 Å². The van der Waals surface area contributed by atoms with Crippen molar-refractivity contribution in [2.24, 2.45) is 17.8 Å². The molecule has 0 amide bonds. The molecule has 2 aromatic carbocycles. The molecule has 1 saturated carbocycles. The maximum Gasteiger partial charge on any atom is 0.200 e. The maximum absolute atomic E-state index is 11.6. The molecule has 8 N–H and O–H groups in total. The van der Waals surface area contributed by atoms with E-state index >= 15 is 0 Å². The molecule has 8 unspecified atom stereocenters. The van der Waals surface area contributed by atoms with Gasteiger partial charge in [0.1, 0.15) is 6.79 Å². The molecule has 12 nitrogen and oxygen atoms in total. The second-order valence-corrected chi connectivity index (χ2v) is 16.6. The number of phenolic OH excluding ortho intramolecular Hbond substituents is 2. The number of hydrogen-bond donors (Lipinski definition) is 8. The maximum atomic E-state index is 11.6. The fourth-order valence-corrected chi connectivity index (χ4v) is 10.6. The van der Waals surface area contributed by atoms with E-state index in [-0.39, 0.29) is 66.2 Å². The highest BCUT2D eigenvalue weighted by Gasteiger charge is 2.34. The number of aryl methyl sites for hydroxylation is 1. The van der Waals surface area contributed by atoms with Crippen LogP contribution in [0.2, 0.25) is 0 Å². The van der Waals surface area contributed by atoms with Crippen LogP contribution in [0.25, 0.3) is 0 Å². The molecule has 294 valence electrons. The van der Waals surface area contributed by atoms with Crippen molar-refractivity contribution in [3.63, 3.8) is 0 Å². The molecule has 52 heavy (non-hydrogen) atoms. The number of aliphatic hydroxyl groups is 5. The van der Waals surface area contributed by atoms with E-state index in [9.17, 15) is 35.7 Å². The van der Waals surface area contributed by atoms with Crippen LogP contribution < -0.4 is 19.5 Å². The third kappa shape index (κ3) is 11.7. The Morgan fingerprint density at radius 1 is 0.827 bits per heavy atom. The van der Waals surface area contributed by atoms with Crippen molar-refractivity contribution >= 4 is 21.6 Å². The third-order valence-electron chi connectivity index (χ3n) is 10.5. The van der Waals surface area contributed by atoms with E-state index in [0.717, 1.165) is 49.8 Å². The molecule has 14 heteroatoms. The largest absolute Gasteiger partial charge is 0.504 e. The van der Waals surface area contributed by atoms with Crippen LogP contribution in [0.4, 0.5) is 0 Å². The summed E-state index contributed by atoms with van der Waals surface area (Å²) in [6.45, 7) is 0.455. The summed E-state index contributed by atoms with van der Waals surface area (Å²) in [5, 5.41) is 77.4. The van der Waals surface area contributed by atoms with Gasteiger partial charge in [-0.15, -0.1) is 0 Å². The number of ether oxygens (including phenoxy) is 4. The molecule has 1 aliphatic heterocycles. The van der Waals surface area contributed by atoms with Crippen molar-refractivity contribution in [1.82, 2.24) is 5.32 Å². The quantitative estimate of drug-likeness (QED) is 0.0944. The van der Waals surface area contributed by atoms with Crippen LogP contribution in [0.15, 0.2) is 24.3 Å². The van der Waals surface area contributed by atoms with E-state index < -0.39 is 31.0 Å². The number of phenols is 2. The second-order valence-electron chi connectivity index (χ2n) is 13.9. The first-order valence-corrected chi connectivity index (χ1v) is 20.7. The van der Waals surface area contributed by atoms with Gasteiger partial charge in [0.05, 0.1) is 38.6 Å². The monoisotopic (exact) mass is 769 g/mol. The van der Waals surface area contributed by atoms with E-state index in [0.29, 0.717) is 42.4 Å². The Labute approximate surface area is 315 Å². The van der Waals surface area contributed by atoms with Crippen LogP contribution in [0.1, 0.15) is 73.3 Å². The summed E-state index contributed by atoms with van der Waals surface area (Å²) in [4.78, 5) is 0. The van der Waals surface area contributed by atoms with E-state index in [1.165, 1.54) is 35.8 Å². The van der Waals surface area contributed by atoms with Gasteiger partial charge in [0.15, 0.2) is 23.0 Å². The van der Waals surface area contributed by atoms with Crippen molar-refractivity contribution in [2.45, 2.75) is 93.9 Å². The van der Waals surface area contributed by atoms with Crippen molar-refractivity contribution in [1.29, 1.82) is 0 Å². The Balaban J connectivity index is 1.61. The van der Waals surface area contributed by atoms with Gasteiger partial charge in [-0.05, 0) is 131 Å². The molecular formula is C38H59NO11S2. The fourth-order valence-electron chi connectivity index (χ4n) is 7.73. The lowest BCUT2D eigenvalue weighted by molar-refractivity contribution is -0.0808. The molecule has 1 fully saturated rings. The number of rotatable bonds is 15. The van der Waals surface area contributed by atoms with Gasteiger partial charge < -0.3 is 60.0 Å². The predicted octanol–water partition coefficient (Wildman–Crippen LogP) is 4.33. The first kappa shape index (κ1) is 42.6. The Hall–Kier alpha value is -2.14. The molecule has 0 saturated heterocycles.